The molecule has 1 aliphatic heterocycles. The number of aryl methyl sites for hydroxylation is 1. The van der Waals surface area contributed by atoms with Crippen LogP contribution in [0.3, 0.4) is 0 Å². The van der Waals surface area contributed by atoms with Gasteiger partial charge in [-0.15, -0.1) is 0 Å². The van der Waals surface area contributed by atoms with E-state index in [4.69, 9.17) is 0 Å². The summed E-state index contributed by atoms with van der Waals surface area (Å²) in [7, 11) is 0. The van der Waals surface area contributed by atoms with Gasteiger partial charge in [0.15, 0.2) is 5.16 Å². The Morgan fingerprint density at radius 2 is 2.23 bits per heavy atom. The summed E-state index contributed by atoms with van der Waals surface area (Å²) in [5, 5.41) is 0.587. The summed E-state index contributed by atoms with van der Waals surface area (Å²) in [5.41, 5.74) is 1.72. The summed E-state index contributed by atoms with van der Waals surface area (Å²) in [6.45, 7) is 3.01. The Morgan fingerprint density at radius 1 is 1.36 bits per heavy atom. The quantitative estimate of drug-likeness (QED) is 0.681. The molecule has 1 saturated heterocycles. The van der Waals surface area contributed by atoms with Crippen LogP contribution < -0.4 is 5.56 Å². The molecule has 1 aromatic rings. The molecule has 6 heteroatoms. The summed E-state index contributed by atoms with van der Waals surface area (Å²) >= 11 is 1.36. The van der Waals surface area contributed by atoms with Crippen LogP contribution in [-0.4, -0.2) is 39.1 Å². The van der Waals surface area contributed by atoms with Gasteiger partial charge in [0, 0.05) is 18.2 Å². The maximum atomic E-state index is 12.4. The molecule has 0 radical (unpaired) electrons. The van der Waals surface area contributed by atoms with Crippen molar-refractivity contribution in [3.8, 4) is 0 Å². The molecule has 2 aliphatic rings. The molecule has 2 heterocycles. The number of thioether (sulfide) groups is 1. The van der Waals surface area contributed by atoms with Crippen LogP contribution in [0.1, 0.15) is 50.3 Å². The fourth-order valence-corrected chi connectivity index (χ4v) is 4.22. The van der Waals surface area contributed by atoms with E-state index in [-0.39, 0.29) is 11.5 Å². The number of aromatic amines is 1. The number of hydrogen-bond donors (Lipinski definition) is 1. The van der Waals surface area contributed by atoms with Gasteiger partial charge in [0.05, 0.1) is 11.4 Å². The van der Waals surface area contributed by atoms with E-state index >= 15 is 0 Å². The molecule has 1 atom stereocenters. The van der Waals surface area contributed by atoms with E-state index in [1.807, 2.05) is 4.90 Å². The zero-order valence-corrected chi connectivity index (χ0v) is 13.9. The first-order valence-electron chi connectivity index (χ1n) is 8.23. The Labute approximate surface area is 134 Å². The van der Waals surface area contributed by atoms with E-state index in [0.29, 0.717) is 17.0 Å². The van der Waals surface area contributed by atoms with Gasteiger partial charge in [-0.25, -0.2) is 4.98 Å². The molecular formula is C16H23N3O2S. The minimum atomic E-state index is -0.0261. The number of carbonyl (C=O) groups is 1. The third-order valence-corrected chi connectivity index (χ3v) is 5.53. The van der Waals surface area contributed by atoms with Gasteiger partial charge < -0.3 is 9.88 Å². The second-order valence-electron chi connectivity index (χ2n) is 6.08. The van der Waals surface area contributed by atoms with Crippen LogP contribution in [0.15, 0.2) is 9.95 Å². The van der Waals surface area contributed by atoms with E-state index in [1.165, 1.54) is 18.2 Å². The number of aromatic nitrogens is 2. The van der Waals surface area contributed by atoms with E-state index < -0.39 is 0 Å². The molecule has 5 nitrogen and oxygen atoms in total. The lowest BCUT2D eigenvalue weighted by Crippen LogP contribution is -2.44. The molecule has 0 bridgehead atoms. The molecule has 0 aromatic carbocycles. The van der Waals surface area contributed by atoms with E-state index in [1.54, 1.807) is 0 Å². The third kappa shape index (κ3) is 3.21. The number of hydrogen-bond acceptors (Lipinski definition) is 4. The lowest BCUT2D eigenvalue weighted by molar-refractivity contribution is -0.132. The summed E-state index contributed by atoms with van der Waals surface area (Å²) in [4.78, 5) is 33.8. The van der Waals surface area contributed by atoms with Crippen molar-refractivity contribution in [3.63, 3.8) is 0 Å². The Morgan fingerprint density at radius 3 is 3.05 bits per heavy atom. The summed E-state index contributed by atoms with van der Waals surface area (Å²) in [6, 6.07) is 0.383. The lowest BCUT2D eigenvalue weighted by Gasteiger charge is -2.35. The fourth-order valence-electron chi connectivity index (χ4n) is 3.45. The molecule has 3 rings (SSSR count). The highest BCUT2D eigenvalue weighted by Crippen LogP contribution is 2.23. The number of rotatable bonds is 4. The summed E-state index contributed by atoms with van der Waals surface area (Å²) in [5.74, 6) is 0.526. The van der Waals surface area contributed by atoms with Crippen molar-refractivity contribution in [1.82, 2.24) is 14.9 Å². The maximum absolute atomic E-state index is 12.4. The van der Waals surface area contributed by atoms with Crippen molar-refractivity contribution in [2.24, 2.45) is 0 Å². The number of nitrogens with one attached hydrogen (secondary N) is 1. The molecule has 22 heavy (non-hydrogen) atoms. The Hall–Kier alpha value is -1.30. The molecular weight excluding hydrogens is 298 g/mol. The van der Waals surface area contributed by atoms with Crippen molar-refractivity contribution in [2.45, 2.75) is 63.1 Å². The maximum Gasteiger partial charge on any atom is 0.254 e. The van der Waals surface area contributed by atoms with Crippen LogP contribution >= 0.6 is 11.8 Å². The van der Waals surface area contributed by atoms with Crippen molar-refractivity contribution in [1.29, 1.82) is 0 Å². The Bertz CT molecular complexity index is 614. The highest BCUT2D eigenvalue weighted by atomic mass is 32.2. The largest absolute Gasteiger partial charge is 0.339 e. The van der Waals surface area contributed by atoms with Crippen LogP contribution in [-0.2, 0) is 17.6 Å². The van der Waals surface area contributed by atoms with E-state index in [2.05, 4.69) is 16.9 Å². The molecule has 1 aliphatic carbocycles. The van der Waals surface area contributed by atoms with Gasteiger partial charge in [-0.1, -0.05) is 18.7 Å². The molecule has 1 fully saturated rings. The topological polar surface area (TPSA) is 66.1 Å². The number of nitrogens with zero attached hydrogens (tertiary/aromatic N) is 2. The van der Waals surface area contributed by atoms with Gasteiger partial charge in [0.2, 0.25) is 5.91 Å². The Kier molecular flexibility index (Phi) is 4.86. The van der Waals surface area contributed by atoms with Crippen LogP contribution in [0.4, 0.5) is 0 Å². The molecule has 0 saturated carbocycles. The van der Waals surface area contributed by atoms with Crippen LogP contribution in [0.25, 0.3) is 0 Å². The summed E-state index contributed by atoms with van der Waals surface area (Å²) in [6.07, 6.45) is 7.16. The lowest BCUT2D eigenvalue weighted by atomic mass is 10.0. The minimum Gasteiger partial charge on any atom is -0.339 e. The fraction of sp³-hybridized carbons (Fsp3) is 0.688. The normalized spacial score (nSPS) is 21.0. The van der Waals surface area contributed by atoms with Crippen LogP contribution in [0.2, 0.25) is 0 Å². The zero-order chi connectivity index (χ0) is 15.5. The first-order chi connectivity index (χ1) is 10.7. The zero-order valence-electron chi connectivity index (χ0n) is 13.1. The highest BCUT2D eigenvalue weighted by molar-refractivity contribution is 7.99. The second kappa shape index (κ2) is 6.86. The number of likely N-dealkylation sites (tertiary alicyclic amines) is 1. The number of fused-ring (bicyclic) bond motifs is 1. The molecule has 120 valence electrons. The van der Waals surface area contributed by atoms with Crippen molar-refractivity contribution in [2.75, 3.05) is 12.3 Å². The predicted molar refractivity (Wildman–Crippen MR) is 87.2 cm³/mol. The third-order valence-electron chi connectivity index (χ3n) is 4.67. The predicted octanol–water partition coefficient (Wildman–Crippen LogP) is 2.14. The molecule has 1 aromatic heterocycles. The molecule has 0 unspecified atom stereocenters. The standard InChI is InChI=1S/C16H23N3O2S/c1-2-11-6-3-4-9-19(11)14(20)10-22-16-17-13-8-5-7-12(13)15(21)18-16/h11H,2-10H2,1H3,(H,17,18,21)/t11-/m0/s1. The van der Waals surface area contributed by atoms with Gasteiger partial charge in [-0.3, -0.25) is 9.59 Å². The number of piperidine rings is 1. The number of amides is 1. The van der Waals surface area contributed by atoms with E-state index in [0.717, 1.165) is 56.3 Å². The summed E-state index contributed by atoms with van der Waals surface area (Å²) < 4.78 is 0. The van der Waals surface area contributed by atoms with Crippen molar-refractivity contribution >= 4 is 17.7 Å². The van der Waals surface area contributed by atoms with Gasteiger partial charge in [0.25, 0.3) is 5.56 Å². The van der Waals surface area contributed by atoms with Crippen LogP contribution in [0.5, 0.6) is 0 Å². The first kappa shape index (κ1) is 15.6. The Balaban J connectivity index is 1.64. The average Bonchev–Trinajstić information content (AvgIpc) is 3.01. The second-order valence-corrected chi connectivity index (χ2v) is 7.05. The van der Waals surface area contributed by atoms with Crippen molar-refractivity contribution in [3.05, 3.63) is 21.6 Å². The molecule has 1 amide bonds. The number of H-pyrrole nitrogens is 1. The first-order valence-corrected chi connectivity index (χ1v) is 9.22. The smallest absolute Gasteiger partial charge is 0.254 e. The monoisotopic (exact) mass is 321 g/mol. The minimum absolute atomic E-state index is 0.0261. The molecule has 1 N–H and O–H groups in total. The van der Waals surface area contributed by atoms with Crippen LogP contribution in [0, 0.1) is 0 Å². The highest BCUT2D eigenvalue weighted by Gasteiger charge is 2.25. The number of carbonyl (C=O) groups excluding carboxylic acids is 1. The van der Waals surface area contributed by atoms with Gasteiger partial charge >= 0.3 is 0 Å². The molecule has 0 spiro atoms. The van der Waals surface area contributed by atoms with Gasteiger partial charge in [-0.2, -0.15) is 0 Å². The van der Waals surface area contributed by atoms with E-state index in [9.17, 15) is 9.59 Å². The SMILES string of the molecule is CC[C@H]1CCCCN1C(=O)CSc1nc2c(c(=O)[nH]1)CCC2. The average molecular weight is 321 g/mol. The van der Waals surface area contributed by atoms with Crippen molar-refractivity contribution < 1.29 is 4.79 Å². The van der Waals surface area contributed by atoms with Gasteiger partial charge in [0.1, 0.15) is 0 Å². The van der Waals surface area contributed by atoms with Gasteiger partial charge in [-0.05, 0) is 44.9 Å².